The Morgan fingerprint density at radius 2 is 2.18 bits per heavy atom. The van der Waals surface area contributed by atoms with E-state index in [2.05, 4.69) is 18.0 Å². The Hall–Kier alpha value is -1.63. The minimum Gasteiger partial charge on any atom is -0.481 e. The summed E-state index contributed by atoms with van der Waals surface area (Å²) in [6, 6.07) is 10.0. The summed E-state index contributed by atoms with van der Waals surface area (Å²) in [5, 5.41) is 11.9. The van der Waals surface area contributed by atoms with Gasteiger partial charge in [0.25, 0.3) is 0 Å². The standard InChI is InChI=1S/C16H13NO2S3/c1-10-6-7-20-13(10)8-14(21-9-15(18)19)16-17-11-4-2-3-5-12(11)22-16/h2-8H,9H2,1H3,(H,18,19)/b14-8-. The van der Waals surface area contributed by atoms with E-state index in [1.54, 1.807) is 22.7 Å². The lowest BCUT2D eigenvalue weighted by Crippen LogP contribution is -1.97. The van der Waals surface area contributed by atoms with Crippen LogP contribution in [-0.2, 0) is 4.79 Å². The average molecular weight is 347 g/mol. The van der Waals surface area contributed by atoms with E-state index < -0.39 is 5.97 Å². The van der Waals surface area contributed by atoms with Gasteiger partial charge in [-0.15, -0.1) is 34.4 Å². The SMILES string of the molecule is Cc1ccsc1/C=C(\SCC(=O)O)c1nc2ccccc2s1. The first-order chi connectivity index (χ1) is 10.6. The van der Waals surface area contributed by atoms with E-state index in [-0.39, 0.29) is 5.75 Å². The fourth-order valence-electron chi connectivity index (χ4n) is 1.93. The molecule has 22 heavy (non-hydrogen) atoms. The summed E-state index contributed by atoms with van der Waals surface area (Å²) in [4.78, 5) is 17.6. The zero-order valence-corrected chi connectivity index (χ0v) is 14.2. The normalized spacial score (nSPS) is 12.0. The van der Waals surface area contributed by atoms with E-state index in [0.717, 1.165) is 25.0 Å². The van der Waals surface area contributed by atoms with Crippen LogP contribution in [0, 0.1) is 6.92 Å². The Morgan fingerprint density at radius 1 is 1.36 bits per heavy atom. The number of thiazole rings is 1. The molecule has 0 radical (unpaired) electrons. The number of aliphatic carboxylic acids is 1. The van der Waals surface area contributed by atoms with E-state index in [1.807, 2.05) is 35.7 Å². The summed E-state index contributed by atoms with van der Waals surface area (Å²) in [5.41, 5.74) is 2.15. The van der Waals surface area contributed by atoms with Gasteiger partial charge >= 0.3 is 5.97 Å². The number of carboxylic acids is 1. The number of thiophene rings is 1. The Kier molecular flexibility index (Phi) is 4.61. The van der Waals surface area contributed by atoms with Gasteiger partial charge in [0, 0.05) is 9.78 Å². The number of hydrogen-bond acceptors (Lipinski definition) is 5. The summed E-state index contributed by atoms with van der Waals surface area (Å²) in [6.45, 7) is 2.06. The molecule has 112 valence electrons. The van der Waals surface area contributed by atoms with Crippen LogP contribution >= 0.6 is 34.4 Å². The highest BCUT2D eigenvalue weighted by molar-refractivity contribution is 8.09. The number of nitrogens with zero attached hydrogens (tertiary/aromatic N) is 1. The molecule has 0 fully saturated rings. The zero-order valence-electron chi connectivity index (χ0n) is 11.8. The highest BCUT2D eigenvalue weighted by Gasteiger charge is 2.12. The number of hydrogen-bond donors (Lipinski definition) is 1. The second-order valence-electron chi connectivity index (χ2n) is 4.65. The van der Waals surface area contributed by atoms with Crippen molar-refractivity contribution in [1.29, 1.82) is 0 Å². The monoisotopic (exact) mass is 347 g/mol. The molecule has 0 amide bonds. The number of carboxylic acid groups (broad SMARTS) is 1. The largest absolute Gasteiger partial charge is 0.481 e. The fourth-order valence-corrected chi connectivity index (χ4v) is 4.69. The van der Waals surface area contributed by atoms with Crippen LogP contribution in [0.3, 0.4) is 0 Å². The first kappa shape index (κ1) is 15.3. The molecule has 0 aliphatic carbocycles. The molecule has 0 unspecified atom stereocenters. The van der Waals surface area contributed by atoms with Gasteiger partial charge in [-0.3, -0.25) is 4.79 Å². The third-order valence-electron chi connectivity index (χ3n) is 3.02. The maximum absolute atomic E-state index is 10.9. The lowest BCUT2D eigenvalue weighted by Gasteiger charge is -2.02. The number of benzene rings is 1. The molecule has 6 heteroatoms. The second kappa shape index (κ2) is 6.64. The molecule has 1 aromatic carbocycles. The number of fused-ring (bicyclic) bond motifs is 1. The summed E-state index contributed by atoms with van der Waals surface area (Å²) < 4.78 is 1.11. The van der Waals surface area contributed by atoms with Crippen LogP contribution in [0.4, 0.5) is 0 Å². The molecular formula is C16H13NO2S3. The molecule has 0 bridgehead atoms. The van der Waals surface area contributed by atoms with Crippen molar-refractivity contribution in [3.63, 3.8) is 0 Å². The van der Waals surface area contributed by atoms with Crippen molar-refractivity contribution in [2.45, 2.75) is 6.92 Å². The zero-order chi connectivity index (χ0) is 15.5. The number of carbonyl (C=O) groups is 1. The minimum atomic E-state index is -0.820. The van der Waals surface area contributed by atoms with E-state index in [1.165, 1.54) is 17.3 Å². The molecule has 0 spiro atoms. The molecular weight excluding hydrogens is 334 g/mol. The lowest BCUT2D eigenvalue weighted by molar-refractivity contribution is -0.133. The first-order valence-corrected chi connectivity index (χ1v) is 9.28. The lowest BCUT2D eigenvalue weighted by atomic mass is 10.3. The molecule has 0 atom stereocenters. The van der Waals surface area contributed by atoms with Crippen LogP contribution in [0.15, 0.2) is 35.7 Å². The van der Waals surface area contributed by atoms with E-state index in [0.29, 0.717) is 0 Å². The molecule has 1 N–H and O–H groups in total. The summed E-state index contributed by atoms with van der Waals surface area (Å²) in [7, 11) is 0. The fraction of sp³-hybridized carbons (Fsp3) is 0.125. The quantitative estimate of drug-likeness (QED) is 0.707. The van der Waals surface area contributed by atoms with Gasteiger partial charge in [-0.2, -0.15) is 0 Å². The predicted octanol–water partition coefficient (Wildman–Crippen LogP) is 4.98. The van der Waals surface area contributed by atoms with Crippen molar-refractivity contribution >= 4 is 61.6 Å². The third-order valence-corrected chi connectivity index (χ3v) is 6.20. The summed E-state index contributed by atoms with van der Waals surface area (Å²) >= 11 is 4.57. The predicted molar refractivity (Wildman–Crippen MR) is 96.6 cm³/mol. The van der Waals surface area contributed by atoms with Crippen molar-refractivity contribution in [2.75, 3.05) is 5.75 Å². The Bertz CT molecular complexity index is 815. The van der Waals surface area contributed by atoms with Crippen molar-refractivity contribution in [1.82, 2.24) is 4.98 Å². The number of rotatable bonds is 5. The van der Waals surface area contributed by atoms with Crippen LogP contribution in [0.2, 0.25) is 0 Å². The van der Waals surface area contributed by atoms with Gasteiger partial charge in [-0.05, 0) is 42.1 Å². The van der Waals surface area contributed by atoms with Crippen LogP contribution < -0.4 is 0 Å². The van der Waals surface area contributed by atoms with Crippen LogP contribution in [0.1, 0.15) is 15.4 Å². The van der Waals surface area contributed by atoms with E-state index in [9.17, 15) is 4.79 Å². The number of para-hydroxylation sites is 1. The van der Waals surface area contributed by atoms with Crippen LogP contribution in [0.5, 0.6) is 0 Å². The number of aryl methyl sites for hydroxylation is 1. The second-order valence-corrected chi connectivity index (χ2v) is 7.64. The summed E-state index contributed by atoms with van der Waals surface area (Å²) in [5.74, 6) is -0.786. The highest BCUT2D eigenvalue weighted by Crippen LogP contribution is 2.36. The molecule has 0 aliphatic rings. The van der Waals surface area contributed by atoms with Gasteiger partial charge in [0.05, 0.1) is 16.0 Å². The maximum atomic E-state index is 10.9. The van der Waals surface area contributed by atoms with Crippen LogP contribution in [0.25, 0.3) is 21.2 Å². The molecule has 3 rings (SSSR count). The molecule has 0 aliphatic heterocycles. The number of aromatic nitrogens is 1. The molecule has 3 nitrogen and oxygen atoms in total. The minimum absolute atomic E-state index is 0.0339. The Morgan fingerprint density at radius 3 is 2.86 bits per heavy atom. The Labute approximate surface area is 140 Å². The van der Waals surface area contributed by atoms with Crippen molar-refractivity contribution < 1.29 is 9.90 Å². The molecule has 0 saturated carbocycles. The van der Waals surface area contributed by atoms with Crippen LogP contribution in [-0.4, -0.2) is 21.8 Å². The highest BCUT2D eigenvalue weighted by atomic mass is 32.2. The van der Waals surface area contributed by atoms with Gasteiger partial charge in [-0.1, -0.05) is 12.1 Å². The third kappa shape index (κ3) is 3.40. The van der Waals surface area contributed by atoms with Crippen molar-refractivity contribution in [3.8, 4) is 0 Å². The smallest absolute Gasteiger partial charge is 0.313 e. The van der Waals surface area contributed by atoms with Gasteiger partial charge in [0.2, 0.25) is 0 Å². The molecule has 0 saturated heterocycles. The summed E-state index contributed by atoms with van der Waals surface area (Å²) in [6.07, 6.45) is 2.05. The molecule has 2 aromatic heterocycles. The van der Waals surface area contributed by atoms with Gasteiger partial charge in [0.1, 0.15) is 5.01 Å². The van der Waals surface area contributed by atoms with Gasteiger partial charge < -0.3 is 5.11 Å². The van der Waals surface area contributed by atoms with Crippen molar-refractivity contribution in [3.05, 3.63) is 51.2 Å². The molecule has 2 heterocycles. The molecule has 3 aromatic rings. The topological polar surface area (TPSA) is 50.2 Å². The first-order valence-electron chi connectivity index (χ1n) is 6.60. The van der Waals surface area contributed by atoms with E-state index >= 15 is 0 Å². The maximum Gasteiger partial charge on any atom is 0.313 e. The number of thioether (sulfide) groups is 1. The average Bonchev–Trinajstić information content (AvgIpc) is 3.09. The van der Waals surface area contributed by atoms with E-state index in [4.69, 9.17) is 5.11 Å². The van der Waals surface area contributed by atoms with Gasteiger partial charge in [-0.25, -0.2) is 4.98 Å². The Balaban J connectivity index is 2.02. The van der Waals surface area contributed by atoms with Crippen molar-refractivity contribution in [2.24, 2.45) is 0 Å². The van der Waals surface area contributed by atoms with Gasteiger partial charge in [0.15, 0.2) is 0 Å².